The summed E-state index contributed by atoms with van der Waals surface area (Å²) >= 11 is 0. The third-order valence-electron chi connectivity index (χ3n) is 3.08. The number of H-pyrrole nitrogens is 1. The maximum atomic E-state index is 11.9. The van der Waals surface area contributed by atoms with Gasteiger partial charge in [0.05, 0.1) is 18.4 Å². The zero-order valence-electron chi connectivity index (χ0n) is 9.93. The number of hydrogen-bond donors (Lipinski definition) is 2. The molecule has 0 radical (unpaired) electrons. The van der Waals surface area contributed by atoms with Crippen LogP contribution in [0.15, 0.2) is 12.5 Å². The molecule has 2 N–H and O–H groups in total. The van der Waals surface area contributed by atoms with Gasteiger partial charge >= 0.3 is 0 Å². The van der Waals surface area contributed by atoms with E-state index in [-0.39, 0.29) is 23.8 Å². The van der Waals surface area contributed by atoms with Crippen LogP contribution in [0.5, 0.6) is 0 Å². The number of Topliss-reactive ketones (excluding diaryl/α,β-unsaturated/α-hetero) is 1. The molecule has 1 fully saturated rings. The zero-order chi connectivity index (χ0) is 12.4. The lowest BCUT2D eigenvalue weighted by Gasteiger charge is -2.35. The molecule has 1 aliphatic rings. The van der Waals surface area contributed by atoms with Gasteiger partial charge in [-0.05, 0) is 14.0 Å². The fraction of sp³-hybridized carbons (Fsp3) is 0.545. The predicted octanol–water partition coefficient (Wildman–Crippen LogP) is -0.660. The van der Waals surface area contributed by atoms with Crippen LogP contribution < -0.4 is 5.32 Å². The van der Waals surface area contributed by atoms with Gasteiger partial charge in [0.15, 0.2) is 5.78 Å². The first-order valence-corrected chi connectivity index (χ1v) is 5.56. The quantitative estimate of drug-likeness (QED) is 0.730. The number of nitrogens with one attached hydrogen (secondary N) is 2. The van der Waals surface area contributed by atoms with Crippen molar-refractivity contribution in [2.45, 2.75) is 25.4 Å². The number of piperazine rings is 1. The van der Waals surface area contributed by atoms with Gasteiger partial charge in [-0.3, -0.25) is 14.5 Å². The van der Waals surface area contributed by atoms with Gasteiger partial charge in [0, 0.05) is 24.9 Å². The first-order chi connectivity index (χ1) is 8.08. The average molecular weight is 236 g/mol. The number of rotatable bonds is 3. The molecule has 1 saturated heterocycles. The van der Waals surface area contributed by atoms with Gasteiger partial charge < -0.3 is 10.3 Å². The molecule has 17 heavy (non-hydrogen) atoms. The molecule has 0 spiro atoms. The molecule has 2 heterocycles. The molecule has 0 aliphatic carbocycles. The van der Waals surface area contributed by atoms with Crippen molar-refractivity contribution in [1.82, 2.24) is 20.2 Å². The lowest BCUT2D eigenvalue weighted by molar-refractivity contribution is -0.134. The predicted molar refractivity (Wildman–Crippen MR) is 61.3 cm³/mol. The average Bonchev–Trinajstić information content (AvgIpc) is 2.75. The minimum Gasteiger partial charge on any atom is -0.348 e. The largest absolute Gasteiger partial charge is 0.348 e. The molecule has 0 saturated carbocycles. The Balaban J connectivity index is 2.05. The van der Waals surface area contributed by atoms with Gasteiger partial charge in [0.1, 0.15) is 0 Å². The van der Waals surface area contributed by atoms with Gasteiger partial charge in [-0.25, -0.2) is 4.98 Å². The molecule has 2 rings (SSSR count). The Morgan fingerprint density at radius 3 is 2.94 bits per heavy atom. The second-order valence-corrected chi connectivity index (χ2v) is 4.41. The fourth-order valence-corrected chi connectivity index (χ4v) is 2.01. The minimum atomic E-state index is -0.384. The van der Waals surface area contributed by atoms with Crippen molar-refractivity contribution >= 4 is 11.7 Å². The lowest BCUT2D eigenvalue weighted by Crippen LogP contribution is -2.61. The Morgan fingerprint density at radius 1 is 1.65 bits per heavy atom. The van der Waals surface area contributed by atoms with Crippen molar-refractivity contribution in [3.8, 4) is 0 Å². The summed E-state index contributed by atoms with van der Waals surface area (Å²) in [6, 6.07) is -0.628. The number of nitrogens with zero attached hydrogens (tertiary/aromatic N) is 2. The SMILES string of the molecule is CC(=O)[C@H]1CN(C)[C@@H](Cc2cnc[nH]2)C(=O)N1. The number of imidazole rings is 1. The summed E-state index contributed by atoms with van der Waals surface area (Å²) in [5, 5.41) is 2.74. The molecular formula is C11H16N4O2. The van der Waals surface area contributed by atoms with Crippen LogP contribution in [0.25, 0.3) is 0 Å². The number of aromatic amines is 1. The van der Waals surface area contributed by atoms with Crippen molar-refractivity contribution in [2.75, 3.05) is 13.6 Å². The minimum absolute atomic E-state index is 0.00908. The standard InChI is InChI=1S/C11H16N4O2/c1-7(16)9-5-15(2)10(11(17)14-9)3-8-4-12-6-13-8/h4,6,9-10H,3,5H2,1-2H3,(H,12,13)(H,14,17)/t9-,10+/m1/s1. The molecule has 6 heteroatoms. The second-order valence-electron chi connectivity index (χ2n) is 4.41. The maximum Gasteiger partial charge on any atom is 0.238 e. The van der Waals surface area contributed by atoms with Crippen molar-refractivity contribution in [1.29, 1.82) is 0 Å². The smallest absolute Gasteiger partial charge is 0.238 e. The van der Waals surface area contributed by atoms with E-state index in [1.165, 1.54) is 6.92 Å². The summed E-state index contributed by atoms with van der Waals surface area (Å²) in [5.74, 6) is -0.112. The molecule has 92 valence electrons. The third kappa shape index (κ3) is 2.52. The Hall–Kier alpha value is -1.69. The van der Waals surface area contributed by atoms with Gasteiger partial charge in [0.25, 0.3) is 0 Å². The van der Waals surface area contributed by atoms with E-state index < -0.39 is 0 Å². The highest BCUT2D eigenvalue weighted by atomic mass is 16.2. The number of carbonyl (C=O) groups excluding carboxylic acids is 2. The van der Waals surface area contributed by atoms with Gasteiger partial charge in [0.2, 0.25) is 5.91 Å². The maximum absolute atomic E-state index is 11.9. The number of amides is 1. The van der Waals surface area contributed by atoms with Crippen molar-refractivity contribution < 1.29 is 9.59 Å². The monoisotopic (exact) mass is 236 g/mol. The molecule has 1 amide bonds. The third-order valence-corrected chi connectivity index (χ3v) is 3.08. The summed E-state index contributed by atoms with van der Waals surface area (Å²) in [5.41, 5.74) is 0.915. The van der Waals surface area contributed by atoms with E-state index in [4.69, 9.17) is 0 Å². The first kappa shape index (κ1) is 11.8. The van der Waals surface area contributed by atoms with Crippen LogP contribution in [0.1, 0.15) is 12.6 Å². The van der Waals surface area contributed by atoms with Crippen LogP contribution in [0.2, 0.25) is 0 Å². The molecule has 1 aromatic rings. The van der Waals surface area contributed by atoms with Crippen molar-refractivity contribution in [3.63, 3.8) is 0 Å². The molecule has 1 aromatic heterocycles. The highest BCUT2D eigenvalue weighted by molar-refractivity contribution is 5.91. The van der Waals surface area contributed by atoms with Crippen molar-refractivity contribution in [3.05, 3.63) is 18.2 Å². The van der Waals surface area contributed by atoms with Crippen LogP contribution in [0.3, 0.4) is 0 Å². The van der Waals surface area contributed by atoms with E-state index in [0.717, 1.165) is 5.69 Å². The highest BCUT2D eigenvalue weighted by Crippen LogP contribution is 2.11. The van der Waals surface area contributed by atoms with E-state index in [1.54, 1.807) is 12.5 Å². The molecule has 1 aliphatic heterocycles. The van der Waals surface area contributed by atoms with Crippen molar-refractivity contribution in [2.24, 2.45) is 0 Å². The van der Waals surface area contributed by atoms with Crippen LogP contribution >= 0.6 is 0 Å². The van der Waals surface area contributed by atoms with Crippen LogP contribution in [-0.2, 0) is 16.0 Å². The van der Waals surface area contributed by atoms with E-state index >= 15 is 0 Å². The Labute approximate surface area is 99.4 Å². The Kier molecular flexibility index (Phi) is 3.23. The summed E-state index contributed by atoms with van der Waals surface area (Å²) in [6.07, 6.45) is 3.87. The Bertz CT molecular complexity index is 415. The first-order valence-electron chi connectivity index (χ1n) is 5.56. The fourth-order valence-electron chi connectivity index (χ4n) is 2.01. The molecule has 0 unspecified atom stereocenters. The van der Waals surface area contributed by atoms with Crippen LogP contribution in [0.4, 0.5) is 0 Å². The molecule has 0 bridgehead atoms. The zero-order valence-corrected chi connectivity index (χ0v) is 9.93. The Morgan fingerprint density at radius 2 is 2.41 bits per heavy atom. The van der Waals surface area contributed by atoms with E-state index in [9.17, 15) is 9.59 Å². The van der Waals surface area contributed by atoms with E-state index in [2.05, 4.69) is 15.3 Å². The van der Waals surface area contributed by atoms with Gasteiger partial charge in [-0.1, -0.05) is 0 Å². The highest BCUT2D eigenvalue weighted by Gasteiger charge is 2.34. The molecule has 6 nitrogen and oxygen atoms in total. The summed E-state index contributed by atoms with van der Waals surface area (Å²) < 4.78 is 0. The number of likely N-dealkylation sites (N-methyl/N-ethyl adjacent to an activating group) is 1. The number of hydrogen-bond acceptors (Lipinski definition) is 4. The molecule has 0 aromatic carbocycles. The molecular weight excluding hydrogens is 220 g/mol. The number of aromatic nitrogens is 2. The lowest BCUT2D eigenvalue weighted by atomic mass is 10.0. The second kappa shape index (κ2) is 4.67. The normalized spacial score (nSPS) is 25.6. The summed E-state index contributed by atoms with van der Waals surface area (Å²) in [6.45, 7) is 2.05. The van der Waals surface area contributed by atoms with E-state index in [0.29, 0.717) is 13.0 Å². The van der Waals surface area contributed by atoms with Crippen LogP contribution in [-0.4, -0.2) is 52.2 Å². The summed E-state index contributed by atoms with van der Waals surface area (Å²) in [7, 11) is 1.86. The topological polar surface area (TPSA) is 78.1 Å². The van der Waals surface area contributed by atoms with Gasteiger partial charge in [-0.15, -0.1) is 0 Å². The number of carbonyl (C=O) groups is 2. The number of ketones is 1. The van der Waals surface area contributed by atoms with E-state index in [1.807, 2.05) is 11.9 Å². The molecule has 2 atom stereocenters. The summed E-state index contributed by atoms with van der Waals surface area (Å²) in [4.78, 5) is 32.0. The van der Waals surface area contributed by atoms with Crippen LogP contribution in [0, 0.1) is 0 Å². The van der Waals surface area contributed by atoms with Gasteiger partial charge in [-0.2, -0.15) is 0 Å².